The zero-order valence-electron chi connectivity index (χ0n) is 14.7. The summed E-state index contributed by atoms with van der Waals surface area (Å²) in [6, 6.07) is 23.3. The van der Waals surface area contributed by atoms with Crippen molar-refractivity contribution in [3.05, 3.63) is 83.4 Å². The predicted octanol–water partition coefficient (Wildman–Crippen LogP) is 5.89. The molecule has 0 bridgehead atoms. The fourth-order valence-electron chi connectivity index (χ4n) is 3.00. The Bertz CT molecular complexity index is 1050. The van der Waals surface area contributed by atoms with Crippen molar-refractivity contribution in [2.24, 2.45) is 0 Å². The Morgan fingerprint density at radius 3 is 1.76 bits per heavy atom. The van der Waals surface area contributed by atoms with Gasteiger partial charge in [-0.05, 0) is 32.4 Å². The molecule has 0 fully saturated rings. The summed E-state index contributed by atoms with van der Waals surface area (Å²) >= 11 is 0. The third-order valence-corrected chi connectivity index (χ3v) is 4.49. The lowest BCUT2D eigenvalue weighted by atomic mass is 10.0. The second-order valence-electron chi connectivity index (χ2n) is 6.65. The fraction of sp³-hybridized carbons (Fsp3) is 0.130. The van der Waals surface area contributed by atoms with Crippen molar-refractivity contribution < 1.29 is 0 Å². The van der Waals surface area contributed by atoms with Gasteiger partial charge in [0.2, 0.25) is 0 Å². The van der Waals surface area contributed by atoms with E-state index in [-0.39, 0.29) is 0 Å². The predicted molar refractivity (Wildman–Crippen MR) is 105 cm³/mol. The van der Waals surface area contributed by atoms with Crippen LogP contribution in [0.25, 0.3) is 33.5 Å². The van der Waals surface area contributed by atoms with Crippen molar-refractivity contribution in [3.63, 3.8) is 0 Å². The first kappa shape index (κ1) is 15.5. The van der Waals surface area contributed by atoms with Gasteiger partial charge >= 0.3 is 0 Å². The van der Waals surface area contributed by atoms with Gasteiger partial charge in [-0.3, -0.25) is 0 Å². The maximum absolute atomic E-state index is 4.92. The number of hydrogen-bond donors (Lipinski definition) is 0. The molecule has 0 amide bonds. The number of hydrogen-bond acceptors (Lipinski definition) is 2. The minimum absolute atomic E-state index is 0.772. The number of aromatic nitrogens is 2. The first-order valence-corrected chi connectivity index (χ1v) is 8.53. The second-order valence-corrected chi connectivity index (χ2v) is 6.65. The average Bonchev–Trinajstić information content (AvgIpc) is 2.62. The van der Waals surface area contributed by atoms with Gasteiger partial charge in [0.05, 0.1) is 11.2 Å². The van der Waals surface area contributed by atoms with Crippen molar-refractivity contribution in [2.75, 3.05) is 0 Å². The van der Waals surface area contributed by atoms with Crippen molar-refractivity contribution in [1.82, 2.24) is 9.97 Å². The van der Waals surface area contributed by atoms with Gasteiger partial charge in [0.15, 0.2) is 5.82 Å². The SMILES string of the molecule is Cc1ccc(-c2nc(-c3ccc(C)cc3)c3ccc(C)cc3n2)cc1. The molecule has 0 unspecified atom stereocenters. The summed E-state index contributed by atoms with van der Waals surface area (Å²) in [7, 11) is 0. The lowest BCUT2D eigenvalue weighted by Crippen LogP contribution is -1.95. The first-order valence-electron chi connectivity index (χ1n) is 8.53. The molecule has 0 saturated carbocycles. The number of benzene rings is 3. The van der Waals surface area contributed by atoms with E-state index >= 15 is 0 Å². The Labute approximate surface area is 148 Å². The maximum Gasteiger partial charge on any atom is 0.160 e. The van der Waals surface area contributed by atoms with Crippen LogP contribution < -0.4 is 0 Å². The monoisotopic (exact) mass is 324 g/mol. The van der Waals surface area contributed by atoms with Crippen molar-refractivity contribution in [3.8, 4) is 22.6 Å². The first-order chi connectivity index (χ1) is 12.1. The molecule has 4 rings (SSSR count). The Hall–Kier alpha value is -3.00. The van der Waals surface area contributed by atoms with Gasteiger partial charge in [0.1, 0.15) is 0 Å². The Kier molecular flexibility index (Phi) is 3.81. The summed E-state index contributed by atoms with van der Waals surface area (Å²) in [5.74, 6) is 0.772. The van der Waals surface area contributed by atoms with Gasteiger partial charge in [-0.2, -0.15) is 0 Å². The molecule has 0 aliphatic rings. The van der Waals surface area contributed by atoms with Gasteiger partial charge in [-0.25, -0.2) is 9.97 Å². The minimum atomic E-state index is 0.772. The molecular weight excluding hydrogens is 304 g/mol. The molecule has 2 heteroatoms. The van der Waals surface area contributed by atoms with Gasteiger partial charge in [0, 0.05) is 16.5 Å². The number of aryl methyl sites for hydroxylation is 3. The van der Waals surface area contributed by atoms with E-state index in [2.05, 4.69) is 87.5 Å². The summed E-state index contributed by atoms with van der Waals surface area (Å²) in [5.41, 5.74) is 7.83. The average molecular weight is 324 g/mol. The summed E-state index contributed by atoms with van der Waals surface area (Å²) < 4.78 is 0. The summed E-state index contributed by atoms with van der Waals surface area (Å²) in [6.07, 6.45) is 0. The van der Waals surface area contributed by atoms with E-state index in [0.29, 0.717) is 0 Å². The Balaban J connectivity index is 1.99. The summed E-state index contributed by atoms with van der Waals surface area (Å²) in [5, 5.41) is 1.09. The molecule has 0 spiro atoms. The highest BCUT2D eigenvalue weighted by Gasteiger charge is 2.11. The molecule has 3 aromatic carbocycles. The Morgan fingerprint density at radius 2 is 1.12 bits per heavy atom. The quantitative estimate of drug-likeness (QED) is 0.459. The van der Waals surface area contributed by atoms with Gasteiger partial charge in [-0.1, -0.05) is 71.8 Å². The van der Waals surface area contributed by atoms with E-state index in [0.717, 1.165) is 33.5 Å². The zero-order chi connectivity index (χ0) is 17.4. The van der Waals surface area contributed by atoms with Crippen LogP contribution in [-0.4, -0.2) is 9.97 Å². The van der Waals surface area contributed by atoms with Crippen LogP contribution in [0, 0.1) is 20.8 Å². The van der Waals surface area contributed by atoms with Gasteiger partial charge in [0.25, 0.3) is 0 Å². The molecule has 0 saturated heterocycles. The Morgan fingerprint density at radius 1 is 0.560 bits per heavy atom. The van der Waals surface area contributed by atoms with Crippen molar-refractivity contribution in [1.29, 1.82) is 0 Å². The standard InChI is InChI=1S/C23H20N2/c1-15-4-9-18(10-5-15)22-20-13-8-17(3)14-21(20)24-23(25-22)19-11-6-16(2)7-12-19/h4-14H,1-3H3. The molecular formula is C23H20N2. The van der Waals surface area contributed by atoms with Crippen molar-refractivity contribution >= 4 is 10.9 Å². The molecule has 0 aliphatic carbocycles. The molecule has 122 valence electrons. The molecule has 1 aromatic heterocycles. The van der Waals surface area contributed by atoms with E-state index in [1.807, 2.05) is 0 Å². The van der Waals surface area contributed by atoms with Gasteiger partial charge < -0.3 is 0 Å². The lowest BCUT2D eigenvalue weighted by molar-refractivity contribution is 1.22. The van der Waals surface area contributed by atoms with Crippen LogP contribution in [0.5, 0.6) is 0 Å². The van der Waals surface area contributed by atoms with Crippen LogP contribution >= 0.6 is 0 Å². The molecule has 0 atom stereocenters. The third kappa shape index (κ3) is 3.03. The molecule has 0 radical (unpaired) electrons. The van der Waals surface area contributed by atoms with E-state index in [4.69, 9.17) is 9.97 Å². The highest BCUT2D eigenvalue weighted by Crippen LogP contribution is 2.29. The van der Waals surface area contributed by atoms with E-state index in [1.165, 1.54) is 16.7 Å². The van der Waals surface area contributed by atoms with Crippen LogP contribution in [0.3, 0.4) is 0 Å². The number of fused-ring (bicyclic) bond motifs is 1. The van der Waals surface area contributed by atoms with Crippen LogP contribution in [0.15, 0.2) is 66.7 Å². The van der Waals surface area contributed by atoms with E-state index in [1.54, 1.807) is 0 Å². The third-order valence-electron chi connectivity index (χ3n) is 4.49. The maximum atomic E-state index is 4.92. The number of rotatable bonds is 2. The van der Waals surface area contributed by atoms with E-state index < -0.39 is 0 Å². The molecule has 2 nitrogen and oxygen atoms in total. The highest BCUT2D eigenvalue weighted by atomic mass is 14.9. The van der Waals surface area contributed by atoms with E-state index in [9.17, 15) is 0 Å². The fourth-order valence-corrected chi connectivity index (χ4v) is 3.00. The largest absolute Gasteiger partial charge is 0.228 e. The van der Waals surface area contributed by atoms with Crippen LogP contribution in [-0.2, 0) is 0 Å². The zero-order valence-corrected chi connectivity index (χ0v) is 14.7. The van der Waals surface area contributed by atoms with Crippen LogP contribution in [0.4, 0.5) is 0 Å². The molecule has 4 aromatic rings. The smallest absolute Gasteiger partial charge is 0.160 e. The number of nitrogens with zero attached hydrogens (tertiary/aromatic N) is 2. The van der Waals surface area contributed by atoms with Crippen LogP contribution in [0.2, 0.25) is 0 Å². The minimum Gasteiger partial charge on any atom is -0.228 e. The topological polar surface area (TPSA) is 25.8 Å². The molecule has 1 heterocycles. The lowest BCUT2D eigenvalue weighted by Gasteiger charge is -2.10. The van der Waals surface area contributed by atoms with Gasteiger partial charge in [-0.15, -0.1) is 0 Å². The summed E-state index contributed by atoms with van der Waals surface area (Å²) in [6.45, 7) is 6.29. The van der Waals surface area contributed by atoms with Crippen LogP contribution in [0.1, 0.15) is 16.7 Å². The highest BCUT2D eigenvalue weighted by molar-refractivity contribution is 5.94. The molecule has 0 N–H and O–H groups in total. The normalized spacial score (nSPS) is 11.0. The summed E-state index contributed by atoms with van der Waals surface area (Å²) in [4.78, 5) is 9.75. The second kappa shape index (κ2) is 6.14. The van der Waals surface area contributed by atoms with Crippen molar-refractivity contribution in [2.45, 2.75) is 20.8 Å². The molecule has 0 aliphatic heterocycles. The molecule has 25 heavy (non-hydrogen) atoms.